The molecule has 1 aromatic carbocycles. The Morgan fingerprint density at radius 2 is 1.97 bits per heavy atom. The van der Waals surface area contributed by atoms with Crippen molar-refractivity contribution in [1.29, 1.82) is 5.26 Å². The number of piperazine rings is 1. The predicted octanol–water partition coefficient (Wildman–Crippen LogP) is 2.35. The molecule has 0 atom stereocenters. The van der Waals surface area contributed by atoms with Gasteiger partial charge in [-0.05, 0) is 30.8 Å². The molecule has 1 fully saturated rings. The number of alkyl halides is 1. The summed E-state index contributed by atoms with van der Waals surface area (Å²) < 4.78 is 14.5. The summed E-state index contributed by atoms with van der Waals surface area (Å²) in [5.74, 6) is 0.267. The largest absolute Gasteiger partial charge is 0.336 e. The number of H-pyrrole nitrogens is 1. The van der Waals surface area contributed by atoms with Gasteiger partial charge in [0, 0.05) is 49.6 Å². The first kappa shape index (κ1) is 21.5. The molecule has 8 nitrogen and oxygen atoms in total. The molecule has 1 aliphatic heterocycles. The first-order valence-corrected chi connectivity index (χ1v) is 10.4. The zero-order chi connectivity index (χ0) is 22.7. The summed E-state index contributed by atoms with van der Waals surface area (Å²) in [7, 11) is 0. The van der Waals surface area contributed by atoms with E-state index in [-0.39, 0.29) is 22.6 Å². The van der Waals surface area contributed by atoms with Gasteiger partial charge < -0.3 is 9.80 Å². The number of nitriles is 1. The van der Waals surface area contributed by atoms with Crippen LogP contribution in [0.3, 0.4) is 0 Å². The van der Waals surface area contributed by atoms with Crippen LogP contribution in [0.25, 0.3) is 17.1 Å². The highest BCUT2D eigenvalue weighted by Crippen LogP contribution is 2.21. The first-order valence-electron chi connectivity index (χ1n) is 10.4. The minimum atomic E-state index is -0.772. The van der Waals surface area contributed by atoms with Gasteiger partial charge in [0.05, 0.1) is 22.9 Å². The maximum Gasteiger partial charge on any atom is 0.273 e. The minimum absolute atomic E-state index is 0.0735. The molecule has 0 bridgehead atoms. The van der Waals surface area contributed by atoms with Crippen molar-refractivity contribution in [3.63, 3.8) is 0 Å². The fourth-order valence-corrected chi connectivity index (χ4v) is 3.79. The van der Waals surface area contributed by atoms with Crippen molar-refractivity contribution in [3.8, 4) is 23.1 Å². The van der Waals surface area contributed by atoms with E-state index >= 15 is 0 Å². The number of halogens is 1. The van der Waals surface area contributed by atoms with E-state index in [0.29, 0.717) is 35.7 Å². The number of aromatic nitrogens is 3. The van der Waals surface area contributed by atoms with E-state index in [1.165, 1.54) is 23.0 Å². The monoisotopic (exact) mass is 434 g/mol. The van der Waals surface area contributed by atoms with Crippen molar-refractivity contribution < 1.29 is 9.18 Å². The van der Waals surface area contributed by atoms with Crippen LogP contribution in [0.4, 0.5) is 4.39 Å². The third kappa shape index (κ3) is 4.18. The molecule has 4 rings (SSSR count). The van der Waals surface area contributed by atoms with E-state index in [1.807, 2.05) is 11.0 Å². The maximum atomic E-state index is 13.2. The lowest BCUT2D eigenvalue weighted by Gasteiger charge is -2.34. The Kier molecular flexibility index (Phi) is 6.14. The van der Waals surface area contributed by atoms with Gasteiger partial charge in [0.15, 0.2) is 5.82 Å². The van der Waals surface area contributed by atoms with Gasteiger partial charge >= 0.3 is 0 Å². The number of carbonyl (C=O) groups excluding carboxylic acids is 1. The van der Waals surface area contributed by atoms with Crippen LogP contribution in [0.15, 0.2) is 47.4 Å². The normalized spacial score (nSPS) is 14.3. The van der Waals surface area contributed by atoms with Gasteiger partial charge in [-0.1, -0.05) is 13.0 Å². The highest BCUT2D eigenvalue weighted by Gasteiger charge is 2.21. The fourth-order valence-electron chi connectivity index (χ4n) is 3.79. The predicted molar refractivity (Wildman–Crippen MR) is 117 cm³/mol. The van der Waals surface area contributed by atoms with E-state index in [1.54, 1.807) is 24.3 Å². The number of nitrogens with zero attached hydrogens (tertiary/aromatic N) is 5. The van der Waals surface area contributed by atoms with Crippen LogP contribution >= 0.6 is 0 Å². The Balaban J connectivity index is 1.54. The fraction of sp³-hybridized carbons (Fsp3) is 0.304. The summed E-state index contributed by atoms with van der Waals surface area (Å²) in [6.07, 6.45) is 1.47. The van der Waals surface area contributed by atoms with Gasteiger partial charge in [-0.2, -0.15) is 5.26 Å². The molecule has 0 aliphatic carbocycles. The van der Waals surface area contributed by atoms with E-state index in [9.17, 15) is 14.0 Å². The van der Waals surface area contributed by atoms with Gasteiger partial charge in [0.25, 0.3) is 11.5 Å². The topological polar surface area (TPSA) is 98.0 Å². The zero-order valence-corrected chi connectivity index (χ0v) is 17.7. The SMILES string of the molecule is CCN1CCN(C(=O)c2ccc(-n3[nH]c(-c4ccc(C#N)c(CF)c4)cc3=O)nc2)CC1. The number of hydrogen-bond donors (Lipinski definition) is 1. The molecule has 3 heterocycles. The molecule has 32 heavy (non-hydrogen) atoms. The molecule has 0 spiro atoms. The van der Waals surface area contributed by atoms with Gasteiger partial charge in [0.2, 0.25) is 0 Å². The van der Waals surface area contributed by atoms with E-state index in [4.69, 9.17) is 5.26 Å². The molecule has 2 aromatic heterocycles. The number of rotatable bonds is 5. The summed E-state index contributed by atoms with van der Waals surface area (Å²) in [4.78, 5) is 33.7. The molecular formula is C23H23FN6O2. The average Bonchev–Trinajstić information content (AvgIpc) is 3.24. The first-order chi connectivity index (χ1) is 15.5. The number of likely N-dealkylation sites (N-methyl/N-ethyl adjacent to an activating group) is 1. The van der Waals surface area contributed by atoms with Crippen LogP contribution in [0.1, 0.15) is 28.4 Å². The number of amides is 1. The number of aromatic amines is 1. The number of hydrogen-bond acceptors (Lipinski definition) is 5. The smallest absolute Gasteiger partial charge is 0.273 e. The third-order valence-corrected chi connectivity index (χ3v) is 5.73. The van der Waals surface area contributed by atoms with Crippen molar-refractivity contribution >= 4 is 5.91 Å². The molecule has 1 N–H and O–H groups in total. The van der Waals surface area contributed by atoms with Crippen molar-refractivity contribution in [2.45, 2.75) is 13.6 Å². The molecule has 0 saturated carbocycles. The zero-order valence-electron chi connectivity index (χ0n) is 17.7. The second-order valence-electron chi connectivity index (χ2n) is 7.59. The average molecular weight is 434 g/mol. The van der Waals surface area contributed by atoms with Gasteiger partial charge in [-0.25, -0.2) is 14.1 Å². The van der Waals surface area contributed by atoms with Crippen LogP contribution in [0.5, 0.6) is 0 Å². The quantitative estimate of drug-likeness (QED) is 0.665. The Hall–Kier alpha value is -3.77. The Morgan fingerprint density at radius 3 is 2.59 bits per heavy atom. The van der Waals surface area contributed by atoms with Crippen LogP contribution in [-0.2, 0) is 6.67 Å². The van der Waals surface area contributed by atoms with Crippen LogP contribution in [-0.4, -0.2) is 63.2 Å². The summed E-state index contributed by atoms with van der Waals surface area (Å²) >= 11 is 0. The summed E-state index contributed by atoms with van der Waals surface area (Å²) in [6, 6.07) is 11.3. The molecular weight excluding hydrogens is 411 g/mol. The molecule has 0 radical (unpaired) electrons. The van der Waals surface area contributed by atoms with E-state index in [0.717, 1.165) is 19.6 Å². The molecule has 164 valence electrons. The number of pyridine rings is 1. The minimum Gasteiger partial charge on any atom is -0.336 e. The van der Waals surface area contributed by atoms with Crippen LogP contribution in [0.2, 0.25) is 0 Å². The molecule has 1 amide bonds. The van der Waals surface area contributed by atoms with Crippen molar-refractivity contribution in [1.82, 2.24) is 24.6 Å². The second-order valence-corrected chi connectivity index (χ2v) is 7.59. The number of carbonyl (C=O) groups is 1. The van der Waals surface area contributed by atoms with E-state index < -0.39 is 6.67 Å². The summed E-state index contributed by atoms with van der Waals surface area (Å²) in [5, 5.41) is 12.0. The highest BCUT2D eigenvalue weighted by molar-refractivity contribution is 5.94. The highest BCUT2D eigenvalue weighted by atomic mass is 19.1. The van der Waals surface area contributed by atoms with E-state index in [2.05, 4.69) is 21.9 Å². The van der Waals surface area contributed by atoms with Crippen molar-refractivity contribution in [3.05, 3.63) is 69.6 Å². The number of nitrogens with one attached hydrogen (secondary N) is 1. The maximum absolute atomic E-state index is 13.2. The van der Waals surface area contributed by atoms with Gasteiger partial charge in [-0.15, -0.1) is 0 Å². The lowest BCUT2D eigenvalue weighted by molar-refractivity contribution is 0.0643. The van der Waals surface area contributed by atoms with Gasteiger partial charge in [-0.3, -0.25) is 14.7 Å². The molecule has 1 aliphatic rings. The Labute approximate surface area is 184 Å². The summed E-state index contributed by atoms with van der Waals surface area (Å²) in [5.41, 5.74) is 1.72. The lowest BCUT2D eigenvalue weighted by Crippen LogP contribution is -2.48. The van der Waals surface area contributed by atoms with Crippen molar-refractivity contribution in [2.75, 3.05) is 32.7 Å². The third-order valence-electron chi connectivity index (χ3n) is 5.73. The second kappa shape index (κ2) is 9.16. The lowest BCUT2D eigenvalue weighted by atomic mass is 10.0. The summed E-state index contributed by atoms with van der Waals surface area (Å²) in [6.45, 7) is 5.38. The number of benzene rings is 1. The Bertz CT molecular complexity index is 1220. The standard InChI is InChI=1S/C23H23FN6O2/c1-2-28-7-9-29(10-8-28)23(32)18-5-6-21(26-15-18)30-22(31)12-20(27-30)16-3-4-17(14-25)19(11-16)13-24/h3-6,11-12,15,27H,2,7-10,13H2,1H3. The van der Waals surface area contributed by atoms with Gasteiger partial charge in [0.1, 0.15) is 6.67 Å². The van der Waals surface area contributed by atoms with Crippen molar-refractivity contribution in [2.24, 2.45) is 0 Å². The van der Waals surface area contributed by atoms with Crippen LogP contribution in [0, 0.1) is 11.3 Å². The molecule has 0 unspecified atom stereocenters. The van der Waals surface area contributed by atoms with Crippen LogP contribution < -0.4 is 5.56 Å². The molecule has 1 saturated heterocycles. The Morgan fingerprint density at radius 1 is 1.19 bits per heavy atom. The molecule has 9 heteroatoms. The molecule has 3 aromatic rings.